The summed E-state index contributed by atoms with van der Waals surface area (Å²) in [4.78, 5) is 17.1. The summed E-state index contributed by atoms with van der Waals surface area (Å²) in [6, 6.07) is 15.5. The number of fused-ring (bicyclic) bond motifs is 3. The molecule has 8 nitrogen and oxygen atoms in total. The van der Waals surface area contributed by atoms with Gasteiger partial charge in [-0.3, -0.25) is 9.48 Å². The van der Waals surface area contributed by atoms with Crippen LogP contribution in [0.15, 0.2) is 48.5 Å². The molecule has 0 N–H and O–H groups in total. The van der Waals surface area contributed by atoms with E-state index in [0.29, 0.717) is 13.2 Å². The van der Waals surface area contributed by atoms with E-state index in [9.17, 15) is 4.79 Å². The summed E-state index contributed by atoms with van der Waals surface area (Å²) in [5.74, 6) is 1.36. The molecule has 0 saturated carbocycles. The number of esters is 1. The van der Waals surface area contributed by atoms with Crippen molar-refractivity contribution in [3.8, 4) is 17.0 Å². The first-order valence-electron chi connectivity index (χ1n) is 10.5. The van der Waals surface area contributed by atoms with E-state index < -0.39 is 0 Å². The fraction of sp³-hybridized carbons (Fsp3) is 0.292. The van der Waals surface area contributed by atoms with Gasteiger partial charge in [0, 0.05) is 24.8 Å². The van der Waals surface area contributed by atoms with Crippen molar-refractivity contribution in [2.24, 2.45) is 7.05 Å². The predicted molar refractivity (Wildman–Crippen MR) is 118 cm³/mol. The number of hydrogen-bond donors (Lipinski definition) is 0. The second-order valence-electron chi connectivity index (χ2n) is 7.74. The Hall–Kier alpha value is -3.65. The number of ether oxygens (including phenoxy) is 3. The molecule has 0 amide bonds. The standard InChI is InChI=1S/C24H24N4O4/c1-27-17(12-19(26-27)18-5-3-4-6-22(18)30-2)13-24(29)32-14-16-7-8-21-20(11-16)25-23-15-31-10-9-28(21)23/h3-8,11-12H,9-10,13-15H2,1-2H3. The van der Waals surface area contributed by atoms with Crippen LogP contribution in [0.3, 0.4) is 0 Å². The lowest BCUT2D eigenvalue weighted by atomic mass is 10.1. The molecule has 2 aromatic heterocycles. The fourth-order valence-corrected chi connectivity index (χ4v) is 4.02. The number of carbonyl (C=O) groups excluding carboxylic acids is 1. The second kappa shape index (κ2) is 8.47. The molecule has 0 fully saturated rings. The summed E-state index contributed by atoms with van der Waals surface area (Å²) in [5.41, 5.74) is 5.29. The minimum Gasteiger partial charge on any atom is -0.496 e. The van der Waals surface area contributed by atoms with Gasteiger partial charge in [0.05, 0.1) is 36.9 Å². The van der Waals surface area contributed by atoms with E-state index in [-0.39, 0.29) is 19.0 Å². The normalized spacial score (nSPS) is 13.2. The fourth-order valence-electron chi connectivity index (χ4n) is 4.02. The van der Waals surface area contributed by atoms with Crippen LogP contribution in [-0.2, 0) is 47.5 Å². The molecule has 1 aliphatic rings. The molecule has 1 aliphatic heterocycles. The lowest BCUT2D eigenvalue weighted by molar-refractivity contribution is -0.144. The molecule has 3 heterocycles. The van der Waals surface area contributed by atoms with Gasteiger partial charge >= 0.3 is 5.97 Å². The predicted octanol–water partition coefficient (Wildman–Crippen LogP) is 3.26. The Bertz CT molecular complexity index is 1290. The molecule has 32 heavy (non-hydrogen) atoms. The van der Waals surface area contributed by atoms with Crippen LogP contribution < -0.4 is 4.74 Å². The number of rotatable bonds is 6. The molecule has 4 aromatic rings. The number of carbonyl (C=O) groups is 1. The molecule has 0 unspecified atom stereocenters. The quantitative estimate of drug-likeness (QED) is 0.435. The third-order valence-electron chi connectivity index (χ3n) is 5.67. The molecule has 5 rings (SSSR count). The minimum absolute atomic E-state index is 0.136. The Morgan fingerprint density at radius 3 is 2.94 bits per heavy atom. The second-order valence-corrected chi connectivity index (χ2v) is 7.74. The zero-order chi connectivity index (χ0) is 22.1. The summed E-state index contributed by atoms with van der Waals surface area (Å²) in [6.07, 6.45) is 0.136. The number of imidazole rings is 1. The summed E-state index contributed by atoms with van der Waals surface area (Å²) in [7, 11) is 3.45. The lowest BCUT2D eigenvalue weighted by Crippen LogP contribution is -2.16. The zero-order valence-corrected chi connectivity index (χ0v) is 18.1. The van der Waals surface area contributed by atoms with Crippen molar-refractivity contribution in [1.29, 1.82) is 0 Å². The van der Waals surface area contributed by atoms with E-state index in [1.54, 1.807) is 11.8 Å². The number of aryl methyl sites for hydroxylation is 1. The SMILES string of the molecule is COc1ccccc1-c1cc(CC(=O)OCc2ccc3c(c2)nc2n3CCOC2)n(C)n1. The molecule has 0 atom stereocenters. The molecular formula is C24H24N4O4. The molecule has 0 saturated heterocycles. The summed E-state index contributed by atoms with van der Waals surface area (Å²) < 4.78 is 20.3. The van der Waals surface area contributed by atoms with Crippen molar-refractivity contribution in [1.82, 2.24) is 19.3 Å². The molecule has 8 heteroatoms. The Balaban J connectivity index is 1.26. The van der Waals surface area contributed by atoms with Gasteiger partial charge < -0.3 is 18.8 Å². The maximum atomic E-state index is 12.5. The van der Waals surface area contributed by atoms with E-state index in [1.165, 1.54) is 0 Å². The van der Waals surface area contributed by atoms with Crippen LogP contribution >= 0.6 is 0 Å². The molecule has 164 valence electrons. The van der Waals surface area contributed by atoms with E-state index in [4.69, 9.17) is 14.2 Å². The van der Waals surface area contributed by atoms with Crippen molar-refractivity contribution < 1.29 is 19.0 Å². The number of nitrogens with zero attached hydrogens (tertiary/aromatic N) is 4. The average Bonchev–Trinajstić information content (AvgIpc) is 3.37. The van der Waals surface area contributed by atoms with Gasteiger partial charge in [-0.1, -0.05) is 18.2 Å². The molecule has 0 radical (unpaired) electrons. The first-order valence-corrected chi connectivity index (χ1v) is 10.5. The number of aromatic nitrogens is 4. The smallest absolute Gasteiger partial charge is 0.312 e. The van der Waals surface area contributed by atoms with Crippen LogP contribution in [0.4, 0.5) is 0 Å². The van der Waals surface area contributed by atoms with Crippen molar-refractivity contribution in [2.75, 3.05) is 13.7 Å². The maximum absolute atomic E-state index is 12.5. The Labute approximate surface area is 185 Å². The Morgan fingerprint density at radius 1 is 1.19 bits per heavy atom. The van der Waals surface area contributed by atoms with Gasteiger partial charge in [0.1, 0.15) is 24.8 Å². The van der Waals surface area contributed by atoms with Crippen LogP contribution in [-0.4, -0.2) is 39.0 Å². The van der Waals surface area contributed by atoms with Crippen molar-refractivity contribution in [3.63, 3.8) is 0 Å². The first kappa shape index (κ1) is 20.3. The number of para-hydroxylation sites is 1. The van der Waals surface area contributed by atoms with Crippen molar-refractivity contribution in [3.05, 3.63) is 65.6 Å². The summed E-state index contributed by atoms with van der Waals surface area (Å²) in [6.45, 7) is 2.23. The molecule has 0 spiro atoms. The molecule has 0 aliphatic carbocycles. The first-order chi connectivity index (χ1) is 15.6. The maximum Gasteiger partial charge on any atom is 0.312 e. The molecule has 0 bridgehead atoms. The summed E-state index contributed by atoms with van der Waals surface area (Å²) in [5, 5.41) is 4.53. The zero-order valence-electron chi connectivity index (χ0n) is 18.1. The number of hydrogen-bond acceptors (Lipinski definition) is 6. The van der Waals surface area contributed by atoms with E-state index in [0.717, 1.165) is 51.7 Å². The summed E-state index contributed by atoms with van der Waals surface area (Å²) >= 11 is 0. The van der Waals surface area contributed by atoms with Crippen LogP contribution in [0.25, 0.3) is 22.3 Å². The average molecular weight is 432 g/mol. The van der Waals surface area contributed by atoms with E-state index in [1.807, 2.05) is 55.6 Å². The number of methoxy groups -OCH3 is 1. The third-order valence-corrected chi connectivity index (χ3v) is 5.67. The van der Waals surface area contributed by atoms with Crippen LogP contribution in [0.2, 0.25) is 0 Å². The van der Waals surface area contributed by atoms with Gasteiger partial charge in [-0.15, -0.1) is 0 Å². The largest absolute Gasteiger partial charge is 0.496 e. The lowest BCUT2D eigenvalue weighted by Gasteiger charge is -2.14. The van der Waals surface area contributed by atoms with Crippen LogP contribution in [0.1, 0.15) is 17.1 Å². The van der Waals surface area contributed by atoms with Gasteiger partial charge in [0.2, 0.25) is 0 Å². The van der Waals surface area contributed by atoms with Gasteiger partial charge in [-0.05, 0) is 35.9 Å². The Kier molecular flexibility index (Phi) is 5.36. The molecule has 2 aromatic carbocycles. The molecular weight excluding hydrogens is 408 g/mol. The van der Waals surface area contributed by atoms with Crippen molar-refractivity contribution in [2.45, 2.75) is 26.2 Å². The topological polar surface area (TPSA) is 80.4 Å². The highest BCUT2D eigenvalue weighted by molar-refractivity contribution is 5.77. The highest BCUT2D eigenvalue weighted by Gasteiger charge is 2.17. The minimum atomic E-state index is -0.308. The van der Waals surface area contributed by atoms with Crippen molar-refractivity contribution >= 4 is 17.0 Å². The number of benzene rings is 2. The van der Waals surface area contributed by atoms with E-state index in [2.05, 4.69) is 14.6 Å². The van der Waals surface area contributed by atoms with Crippen LogP contribution in [0, 0.1) is 0 Å². The van der Waals surface area contributed by atoms with Crippen LogP contribution in [0.5, 0.6) is 5.75 Å². The highest BCUT2D eigenvalue weighted by atomic mass is 16.5. The monoisotopic (exact) mass is 432 g/mol. The third kappa shape index (κ3) is 3.85. The highest BCUT2D eigenvalue weighted by Crippen LogP contribution is 2.29. The van der Waals surface area contributed by atoms with E-state index >= 15 is 0 Å². The van der Waals surface area contributed by atoms with Gasteiger partial charge in [-0.25, -0.2) is 4.98 Å². The Morgan fingerprint density at radius 2 is 2.06 bits per heavy atom. The van der Waals surface area contributed by atoms with Gasteiger partial charge in [0.15, 0.2) is 0 Å². The van der Waals surface area contributed by atoms with Gasteiger partial charge in [0.25, 0.3) is 0 Å². The van der Waals surface area contributed by atoms with Gasteiger partial charge in [-0.2, -0.15) is 5.10 Å².